The van der Waals surface area contributed by atoms with Gasteiger partial charge in [0.05, 0.1) is 18.0 Å². The molecule has 1 aromatic heterocycles. The average Bonchev–Trinajstić information content (AvgIpc) is 2.77. The molecule has 0 saturated heterocycles. The first kappa shape index (κ1) is 13.8. The predicted molar refractivity (Wildman–Crippen MR) is 79.9 cm³/mol. The van der Waals surface area contributed by atoms with Crippen LogP contribution in [0.4, 0.5) is 0 Å². The van der Waals surface area contributed by atoms with E-state index in [1.54, 1.807) is 24.4 Å². The Kier molecular flexibility index (Phi) is 4.39. The first-order valence-electron chi connectivity index (χ1n) is 5.90. The molecule has 1 heterocycles. The van der Waals surface area contributed by atoms with Crippen molar-refractivity contribution < 1.29 is 4.74 Å². The molecule has 0 atom stereocenters. The van der Waals surface area contributed by atoms with E-state index in [4.69, 9.17) is 34.3 Å². The highest BCUT2D eigenvalue weighted by Gasteiger charge is 2.09. The third-order valence-electron chi connectivity index (χ3n) is 2.50. The zero-order valence-electron chi connectivity index (χ0n) is 10.5. The van der Waals surface area contributed by atoms with Crippen LogP contribution in [0.5, 0.6) is 11.5 Å². The molecule has 0 spiro atoms. The Morgan fingerprint density at radius 3 is 3.00 bits per heavy atom. The lowest BCUT2D eigenvalue weighted by molar-refractivity contribution is 0.479. The van der Waals surface area contributed by atoms with Gasteiger partial charge in [0, 0.05) is 17.6 Å². The number of hydrogen-bond acceptors (Lipinski definition) is 3. The van der Waals surface area contributed by atoms with E-state index >= 15 is 0 Å². The minimum Gasteiger partial charge on any atom is -0.453 e. The van der Waals surface area contributed by atoms with Crippen molar-refractivity contribution in [2.45, 2.75) is 19.9 Å². The van der Waals surface area contributed by atoms with Crippen molar-refractivity contribution in [2.24, 2.45) is 5.73 Å². The van der Waals surface area contributed by atoms with Crippen molar-refractivity contribution in [3.05, 3.63) is 41.2 Å². The topological polar surface area (TPSA) is 53.1 Å². The van der Waals surface area contributed by atoms with Gasteiger partial charge in [0.15, 0.2) is 5.75 Å². The van der Waals surface area contributed by atoms with E-state index in [-0.39, 0.29) is 4.99 Å². The second-order valence-electron chi connectivity index (χ2n) is 4.05. The van der Waals surface area contributed by atoms with Crippen LogP contribution in [0.25, 0.3) is 0 Å². The van der Waals surface area contributed by atoms with Gasteiger partial charge in [0.25, 0.3) is 0 Å². The molecule has 0 aliphatic heterocycles. The van der Waals surface area contributed by atoms with Crippen molar-refractivity contribution in [1.82, 2.24) is 9.78 Å². The molecule has 0 radical (unpaired) electrons. The molecule has 0 saturated carbocycles. The smallest absolute Gasteiger partial charge is 0.165 e. The van der Waals surface area contributed by atoms with Crippen molar-refractivity contribution in [3.8, 4) is 11.5 Å². The third-order valence-corrected chi connectivity index (χ3v) is 2.95. The van der Waals surface area contributed by atoms with Gasteiger partial charge in [-0.1, -0.05) is 30.7 Å². The molecular formula is C13H14ClN3OS. The summed E-state index contributed by atoms with van der Waals surface area (Å²) in [4.78, 5) is 0.271. The predicted octanol–water partition coefficient (Wildman–Crippen LogP) is 3.37. The summed E-state index contributed by atoms with van der Waals surface area (Å²) in [5.41, 5.74) is 6.31. The molecule has 0 bridgehead atoms. The zero-order chi connectivity index (χ0) is 13.8. The first-order chi connectivity index (χ1) is 9.10. The van der Waals surface area contributed by atoms with Gasteiger partial charge in [-0.2, -0.15) is 5.10 Å². The zero-order valence-corrected chi connectivity index (χ0v) is 12.0. The molecule has 0 aliphatic carbocycles. The maximum atomic E-state index is 5.96. The molecule has 2 rings (SSSR count). The molecule has 1 aromatic carbocycles. The number of ether oxygens (including phenoxy) is 1. The minimum atomic E-state index is 0.271. The van der Waals surface area contributed by atoms with E-state index in [0.717, 1.165) is 13.0 Å². The Morgan fingerprint density at radius 2 is 2.32 bits per heavy atom. The van der Waals surface area contributed by atoms with Crippen molar-refractivity contribution in [1.29, 1.82) is 0 Å². The third kappa shape index (κ3) is 3.45. The second-order valence-corrected chi connectivity index (χ2v) is 4.92. The maximum absolute atomic E-state index is 5.96. The van der Waals surface area contributed by atoms with E-state index in [0.29, 0.717) is 22.1 Å². The summed E-state index contributed by atoms with van der Waals surface area (Å²) in [5.74, 6) is 1.17. The van der Waals surface area contributed by atoms with Crippen LogP contribution in [0.1, 0.15) is 18.9 Å². The first-order valence-corrected chi connectivity index (χ1v) is 6.68. The standard InChI is InChI=1S/C13H14ClN3OS/c1-2-5-17-8-10(7-16-17)18-12-6-9(14)3-4-11(12)13(15)19/h3-4,6-8H,2,5H2,1H3,(H2,15,19). The van der Waals surface area contributed by atoms with Crippen molar-refractivity contribution in [2.75, 3.05) is 0 Å². The highest BCUT2D eigenvalue weighted by atomic mass is 35.5. The molecule has 2 N–H and O–H groups in total. The molecule has 0 aliphatic rings. The maximum Gasteiger partial charge on any atom is 0.165 e. The Morgan fingerprint density at radius 1 is 1.53 bits per heavy atom. The lowest BCUT2D eigenvalue weighted by atomic mass is 10.2. The van der Waals surface area contributed by atoms with Gasteiger partial charge in [0.1, 0.15) is 10.7 Å². The summed E-state index contributed by atoms with van der Waals surface area (Å²) in [7, 11) is 0. The van der Waals surface area contributed by atoms with Crippen LogP contribution in [0, 0.1) is 0 Å². The molecule has 0 unspecified atom stereocenters. The molecule has 4 nitrogen and oxygen atoms in total. The van der Waals surface area contributed by atoms with Gasteiger partial charge >= 0.3 is 0 Å². The number of halogens is 1. The van der Waals surface area contributed by atoms with Gasteiger partial charge in [0.2, 0.25) is 0 Å². The van der Waals surface area contributed by atoms with Gasteiger partial charge in [-0.25, -0.2) is 0 Å². The second kappa shape index (κ2) is 6.04. The van der Waals surface area contributed by atoms with E-state index in [1.807, 2.05) is 10.9 Å². The van der Waals surface area contributed by atoms with E-state index in [1.165, 1.54) is 0 Å². The number of rotatable bonds is 5. The van der Waals surface area contributed by atoms with Crippen LogP contribution in [-0.2, 0) is 6.54 Å². The minimum absolute atomic E-state index is 0.271. The summed E-state index contributed by atoms with van der Waals surface area (Å²) in [6.45, 7) is 2.94. The molecule has 100 valence electrons. The lowest BCUT2D eigenvalue weighted by Gasteiger charge is -2.08. The number of nitrogens with two attached hydrogens (primary N) is 1. The Labute approximate surface area is 122 Å². The SMILES string of the molecule is CCCn1cc(Oc2cc(Cl)ccc2C(N)=S)cn1. The highest BCUT2D eigenvalue weighted by molar-refractivity contribution is 7.80. The lowest BCUT2D eigenvalue weighted by Crippen LogP contribution is -2.10. The van der Waals surface area contributed by atoms with E-state index in [2.05, 4.69) is 12.0 Å². The largest absolute Gasteiger partial charge is 0.453 e. The molecule has 0 fully saturated rings. The van der Waals surface area contributed by atoms with Gasteiger partial charge in [-0.15, -0.1) is 0 Å². The number of nitrogens with zero attached hydrogens (tertiary/aromatic N) is 2. The monoisotopic (exact) mass is 295 g/mol. The van der Waals surface area contributed by atoms with Gasteiger partial charge in [-0.05, 0) is 18.6 Å². The summed E-state index contributed by atoms with van der Waals surface area (Å²) in [6.07, 6.45) is 4.49. The summed E-state index contributed by atoms with van der Waals surface area (Å²) in [6, 6.07) is 5.16. The summed E-state index contributed by atoms with van der Waals surface area (Å²) in [5, 5.41) is 4.76. The number of hydrogen-bond donors (Lipinski definition) is 1. The van der Waals surface area contributed by atoms with Crippen LogP contribution >= 0.6 is 23.8 Å². The Balaban J connectivity index is 2.26. The molecule has 6 heteroatoms. The Bertz CT molecular complexity index is 597. The van der Waals surface area contributed by atoms with E-state index < -0.39 is 0 Å². The molecular weight excluding hydrogens is 282 g/mol. The van der Waals surface area contributed by atoms with Crippen molar-refractivity contribution >= 4 is 28.8 Å². The fourth-order valence-electron chi connectivity index (χ4n) is 1.66. The highest BCUT2D eigenvalue weighted by Crippen LogP contribution is 2.28. The van der Waals surface area contributed by atoms with Gasteiger partial charge in [-0.3, -0.25) is 4.68 Å². The van der Waals surface area contributed by atoms with Crippen LogP contribution in [0.2, 0.25) is 5.02 Å². The fraction of sp³-hybridized carbons (Fsp3) is 0.231. The molecule has 2 aromatic rings. The number of aromatic nitrogens is 2. The van der Waals surface area contributed by atoms with Crippen molar-refractivity contribution in [3.63, 3.8) is 0 Å². The summed E-state index contributed by atoms with van der Waals surface area (Å²) >= 11 is 10.9. The average molecular weight is 296 g/mol. The van der Waals surface area contributed by atoms with Crippen LogP contribution in [-0.4, -0.2) is 14.8 Å². The number of thiocarbonyl (C=S) groups is 1. The summed E-state index contributed by atoms with van der Waals surface area (Å²) < 4.78 is 7.56. The number of benzene rings is 1. The molecule has 19 heavy (non-hydrogen) atoms. The Hall–Kier alpha value is -1.59. The quantitative estimate of drug-likeness (QED) is 0.859. The van der Waals surface area contributed by atoms with Crippen LogP contribution in [0.15, 0.2) is 30.6 Å². The van der Waals surface area contributed by atoms with Crippen LogP contribution in [0.3, 0.4) is 0 Å². The van der Waals surface area contributed by atoms with E-state index in [9.17, 15) is 0 Å². The fourth-order valence-corrected chi connectivity index (χ4v) is 1.99. The molecule has 0 amide bonds. The normalized spacial score (nSPS) is 10.4. The number of aryl methyl sites for hydroxylation is 1. The van der Waals surface area contributed by atoms with Crippen LogP contribution < -0.4 is 10.5 Å². The van der Waals surface area contributed by atoms with Gasteiger partial charge < -0.3 is 10.5 Å².